The van der Waals surface area contributed by atoms with Gasteiger partial charge in [-0.15, -0.1) is 0 Å². The molecule has 0 aromatic heterocycles. The number of benzene rings is 2. The second kappa shape index (κ2) is 9.23. The van der Waals surface area contributed by atoms with Crippen LogP contribution >= 0.6 is 11.6 Å². The Bertz CT molecular complexity index is 842. The van der Waals surface area contributed by atoms with E-state index >= 15 is 0 Å². The Morgan fingerprint density at radius 3 is 2.63 bits per heavy atom. The van der Waals surface area contributed by atoms with Gasteiger partial charge in [0.2, 0.25) is 5.91 Å². The topological polar surface area (TPSA) is 50.8 Å². The number of methoxy groups -OCH3 is 1. The standard InChI is InChI=1S/C19H19ClF2N2O3/c1-24(2)15-9-8-13(20)11-14(15)23-17(25)10-7-12-5-4-6-16(26-3)18(12)27-19(21)22/h4-11,19H,1-3H3,(H,23,25)/b10-7+. The van der Waals surface area contributed by atoms with Crippen molar-refractivity contribution in [2.75, 3.05) is 31.4 Å². The van der Waals surface area contributed by atoms with Crippen LogP contribution in [0.5, 0.6) is 11.5 Å². The van der Waals surface area contributed by atoms with Gasteiger partial charge in [-0.1, -0.05) is 23.7 Å². The van der Waals surface area contributed by atoms with Crippen LogP contribution in [-0.4, -0.2) is 33.7 Å². The molecule has 5 nitrogen and oxygen atoms in total. The zero-order valence-electron chi connectivity index (χ0n) is 15.0. The molecule has 2 aromatic carbocycles. The highest BCUT2D eigenvalue weighted by Crippen LogP contribution is 2.33. The molecule has 27 heavy (non-hydrogen) atoms. The summed E-state index contributed by atoms with van der Waals surface area (Å²) in [5.74, 6) is -0.454. The molecule has 8 heteroatoms. The fraction of sp³-hybridized carbons (Fsp3) is 0.211. The highest BCUT2D eigenvalue weighted by Gasteiger charge is 2.14. The van der Waals surface area contributed by atoms with Crippen molar-refractivity contribution in [3.8, 4) is 11.5 Å². The molecule has 0 fully saturated rings. The van der Waals surface area contributed by atoms with E-state index in [1.165, 1.54) is 31.4 Å². The first-order chi connectivity index (χ1) is 12.8. The molecule has 0 aliphatic heterocycles. The Hall–Kier alpha value is -2.80. The van der Waals surface area contributed by atoms with E-state index < -0.39 is 12.5 Å². The van der Waals surface area contributed by atoms with Gasteiger partial charge < -0.3 is 19.7 Å². The molecule has 0 aliphatic carbocycles. The number of amides is 1. The van der Waals surface area contributed by atoms with Crippen LogP contribution in [0, 0.1) is 0 Å². The van der Waals surface area contributed by atoms with Gasteiger partial charge in [-0.2, -0.15) is 8.78 Å². The van der Waals surface area contributed by atoms with Crippen LogP contribution in [-0.2, 0) is 4.79 Å². The number of ether oxygens (including phenoxy) is 2. The third kappa shape index (κ3) is 5.59. The minimum absolute atomic E-state index is 0.141. The molecule has 0 aliphatic rings. The molecule has 0 saturated carbocycles. The van der Waals surface area contributed by atoms with Gasteiger partial charge in [0.1, 0.15) is 0 Å². The molecule has 0 radical (unpaired) electrons. The first-order valence-corrected chi connectivity index (χ1v) is 8.27. The molecule has 0 saturated heterocycles. The fourth-order valence-electron chi connectivity index (χ4n) is 2.38. The molecule has 144 valence electrons. The number of nitrogens with zero attached hydrogens (tertiary/aromatic N) is 1. The second-order valence-electron chi connectivity index (χ2n) is 5.64. The summed E-state index contributed by atoms with van der Waals surface area (Å²) in [6.07, 6.45) is 2.59. The van der Waals surface area contributed by atoms with E-state index in [-0.39, 0.29) is 17.1 Å². The minimum Gasteiger partial charge on any atom is -0.493 e. The Balaban J connectivity index is 2.24. The first kappa shape index (κ1) is 20.5. The fourth-order valence-corrected chi connectivity index (χ4v) is 2.55. The average molecular weight is 397 g/mol. The summed E-state index contributed by atoms with van der Waals surface area (Å²) in [5.41, 5.74) is 1.57. The number of halogens is 3. The van der Waals surface area contributed by atoms with Crippen LogP contribution in [0.4, 0.5) is 20.2 Å². The zero-order valence-corrected chi connectivity index (χ0v) is 15.8. The summed E-state index contributed by atoms with van der Waals surface area (Å²) < 4.78 is 34.9. The third-order valence-corrected chi connectivity index (χ3v) is 3.78. The maximum absolute atomic E-state index is 12.7. The minimum atomic E-state index is -3.02. The summed E-state index contributed by atoms with van der Waals surface area (Å²) >= 11 is 5.99. The summed E-state index contributed by atoms with van der Waals surface area (Å²) in [6.45, 7) is -3.02. The predicted molar refractivity (Wildman–Crippen MR) is 103 cm³/mol. The van der Waals surface area contributed by atoms with Crippen LogP contribution in [0.25, 0.3) is 6.08 Å². The molecule has 0 atom stereocenters. The van der Waals surface area contributed by atoms with E-state index in [1.54, 1.807) is 24.3 Å². The number of carbonyl (C=O) groups is 1. The van der Waals surface area contributed by atoms with Crippen LogP contribution in [0.3, 0.4) is 0 Å². The third-order valence-electron chi connectivity index (χ3n) is 3.55. The summed E-state index contributed by atoms with van der Waals surface area (Å²) in [7, 11) is 5.01. The molecule has 0 heterocycles. The van der Waals surface area contributed by atoms with Crippen LogP contribution < -0.4 is 19.7 Å². The van der Waals surface area contributed by atoms with Crippen molar-refractivity contribution in [3.05, 3.63) is 53.1 Å². The number of anilines is 2. The number of alkyl halides is 2. The SMILES string of the molecule is COc1cccc(/C=C/C(=O)Nc2cc(Cl)ccc2N(C)C)c1OC(F)F. The molecular formula is C19H19ClF2N2O3. The Kier molecular flexibility index (Phi) is 7.01. The number of carbonyl (C=O) groups excluding carboxylic acids is 1. The molecule has 2 aromatic rings. The molecule has 0 bridgehead atoms. The molecule has 0 unspecified atom stereocenters. The predicted octanol–water partition coefficient (Wildman–Crippen LogP) is 4.67. The summed E-state index contributed by atoms with van der Waals surface area (Å²) in [6, 6.07) is 9.75. The van der Waals surface area contributed by atoms with Gasteiger partial charge in [0.25, 0.3) is 0 Å². The van der Waals surface area contributed by atoms with Gasteiger partial charge in [0, 0.05) is 30.8 Å². The van der Waals surface area contributed by atoms with E-state index in [1.807, 2.05) is 19.0 Å². The van der Waals surface area contributed by atoms with Crippen LogP contribution in [0.1, 0.15) is 5.56 Å². The lowest BCUT2D eigenvalue weighted by Crippen LogP contribution is -2.15. The molecule has 2 rings (SSSR count). The molecule has 1 amide bonds. The van der Waals surface area contributed by atoms with Crippen LogP contribution in [0.2, 0.25) is 5.02 Å². The van der Waals surface area contributed by atoms with Gasteiger partial charge in [-0.05, 0) is 30.3 Å². The largest absolute Gasteiger partial charge is 0.493 e. The van der Waals surface area contributed by atoms with Gasteiger partial charge in [-0.3, -0.25) is 4.79 Å². The van der Waals surface area contributed by atoms with Gasteiger partial charge in [0.15, 0.2) is 11.5 Å². The Morgan fingerprint density at radius 2 is 2.00 bits per heavy atom. The van der Waals surface area contributed by atoms with E-state index in [4.69, 9.17) is 16.3 Å². The lowest BCUT2D eigenvalue weighted by atomic mass is 10.1. The Labute approximate surface area is 161 Å². The summed E-state index contributed by atoms with van der Waals surface area (Å²) in [4.78, 5) is 14.1. The van der Waals surface area contributed by atoms with E-state index in [2.05, 4.69) is 10.1 Å². The maximum Gasteiger partial charge on any atom is 0.387 e. The average Bonchev–Trinajstić information content (AvgIpc) is 2.60. The van der Waals surface area contributed by atoms with Crippen molar-refractivity contribution in [1.29, 1.82) is 0 Å². The van der Waals surface area contributed by atoms with E-state index in [9.17, 15) is 13.6 Å². The van der Waals surface area contributed by atoms with Gasteiger partial charge in [0.05, 0.1) is 18.5 Å². The number of para-hydroxylation sites is 1. The number of nitrogens with one attached hydrogen (secondary N) is 1. The van der Waals surface area contributed by atoms with E-state index in [0.29, 0.717) is 10.7 Å². The first-order valence-electron chi connectivity index (χ1n) is 7.89. The van der Waals surface area contributed by atoms with Crippen molar-refractivity contribution in [3.63, 3.8) is 0 Å². The van der Waals surface area contributed by atoms with Crippen molar-refractivity contribution in [2.45, 2.75) is 6.61 Å². The highest BCUT2D eigenvalue weighted by atomic mass is 35.5. The smallest absolute Gasteiger partial charge is 0.387 e. The summed E-state index contributed by atoms with van der Waals surface area (Å²) in [5, 5.41) is 3.19. The van der Waals surface area contributed by atoms with Gasteiger partial charge >= 0.3 is 6.61 Å². The highest BCUT2D eigenvalue weighted by molar-refractivity contribution is 6.31. The molecule has 1 N–H and O–H groups in total. The van der Waals surface area contributed by atoms with Crippen molar-refractivity contribution in [2.24, 2.45) is 0 Å². The van der Waals surface area contributed by atoms with Crippen molar-refractivity contribution >= 4 is 35.0 Å². The monoisotopic (exact) mass is 396 g/mol. The van der Waals surface area contributed by atoms with Crippen molar-refractivity contribution < 1.29 is 23.0 Å². The molecule has 0 spiro atoms. The lowest BCUT2D eigenvalue weighted by Gasteiger charge is -2.17. The lowest BCUT2D eigenvalue weighted by molar-refractivity contribution is -0.111. The Morgan fingerprint density at radius 1 is 1.26 bits per heavy atom. The maximum atomic E-state index is 12.7. The number of hydrogen-bond donors (Lipinski definition) is 1. The second-order valence-corrected chi connectivity index (χ2v) is 6.07. The quantitative estimate of drug-likeness (QED) is 0.691. The number of hydrogen-bond acceptors (Lipinski definition) is 4. The molecular weight excluding hydrogens is 378 g/mol. The van der Waals surface area contributed by atoms with Crippen molar-refractivity contribution in [1.82, 2.24) is 0 Å². The van der Waals surface area contributed by atoms with Gasteiger partial charge in [-0.25, -0.2) is 0 Å². The van der Waals surface area contributed by atoms with Crippen LogP contribution in [0.15, 0.2) is 42.5 Å². The number of rotatable bonds is 7. The van der Waals surface area contributed by atoms with E-state index in [0.717, 1.165) is 5.69 Å². The normalized spacial score (nSPS) is 10.9. The zero-order chi connectivity index (χ0) is 20.0.